The summed E-state index contributed by atoms with van der Waals surface area (Å²) in [7, 11) is 0. The maximum Gasteiger partial charge on any atom is 0.255 e. The summed E-state index contributed by atoms with van der Waals surface area (Å²) in [5.41, 5.74) is 3.37. The highest BCUT2D eigenvalue weighted by molar-refractivity contribution is 8.01. The Morgan fingerprint density at radius 1 is 1.30 bits per heavy atom. The molecule has 0 atom stereocenters. The van der Waals surface area contributed by atoms with Gasteiger partial charge in [-0.15, -0.1) is 11.3 Å². The molecule has 3 aromatic rings. The highest BCUT2D eigenvalue weighted by atomic mass is 32.2. The van der Waals surface area contributed by atoms with E-state index >= 15 is 0 Å². The predicted octanol–water partition coefficient (Wildman–Crippen LogP) is 4.47. The first kappa shape index (κ1) is 15.5. The van der Waals surface area contributed by atoms with Crippen molar-refractivity contribution in [3.63, 3.8) is 0 Å². The van der Waals surface area contributed by atoms with E-state index in [0.29, 0.717) is 11.3 Å². The summed E-state index contributed by atoms with van der Waals surface area (Å²) in [5.74, 6) is 0.254. The molecule has 23 heavy (non-hydrogen) atoms. The summed E-state index contributed by atoms with van der Waals surface area (Å²) in [6.45, 7) is 1.99. The van der Waals surface area contributed by atoms with Gasteiger partial charge in [-0.2, -0.15) is 5.26 Å². The first-order valence-corrected chi connectivity index (χ1v) is 8.74. The van der Waals surface area contributed by atoms with Gasteiger partial charge in [0.05, 0.1) is 22.0 Å². The van der Waals surface area contributed by atoms with Crippen LogP contribution in [0.5, 0.6) is 0 Å². The van der Waals surface area contributed by atoms with E-state index in [-0.39, 0.29) is 5.91 Å². The van der Waals surface area contributed by atoms with Crippen LogP contribution in [0.25, 0.3) is 10.2 Å². The molecule has 0 bridgehead atoms. The molecule has 0 radical (unpaired) electrons. The van der Waals surface area contributed by atoms with Crippen molar-refractivity contribution < 1.29 is 4.79 Å². The van der Waals surface area contributed by atoms with Gasteiger partial charge in [0.2, 0.25) is 0 Å². The largest absolute Gasteiger partial charge is 0.322 e. The molecule has 114 valence electrons. The van der Waals surface area contributed by atoms with Crippen molar-refractivity contribution in [3.8, 4) is 6.07 Å². The number of nitrogens with one attached hydrogen (secondary N) is 1. The number of nitrogens with zero attached hydrogens (tertiary/aromatic N) is 2. The third-order valence-corrected chi connectivity index (χ3v) is 5.23. The Bertz CT molecular complexity index is 894. The second-order valence-electron chi connectivity index (χ2n) is 4.93. The van der Waals surface area contributed by atoms with Crippen LogP contribution in [0, 0.1) is 18.3 Å². The van der Waals surface area contributed by atoms with Gasteiger partial charge < -0.3 is 5.32 Å². The molecule has 0 spiro atoms. The molecule has 1 amide bonds. The molecule has 3 rings (SSSR count). The lowest BCUT2D eigenvalue weighted by Gasteiger charge is -2.05. The number of fused-ring (bicyclic) bond motifs is 1. The number of thiazole rings is 1. The number of aryl methyl sites for hydroxylation is 1. The standard InChI is InChI=1S/C17H13N3OS2/c1-11-2-4-12(5-3-11)16(21)19-13-6-7-14-15(10-13)23-17(20-14)22-9-8-18/h2-7,10H,9H2,1H3,(H,19,21). The van der Waals surface area contributed by atoms with Crippen molar-refractivity contribution in [1.82, 2.24) is 4.98 Å². The summed E-state index contributed by atoms with van der Waals surface area (Å²) in [6, 6.07) is 15.2. The first-order valence-electron chi connectivity index (χ1n) is 6.94. The summed E-state index contributed by atoms with van der Waals surface area (Å²) in [5, 5.41) is 11.5. The van der Waals surface area contributed by atoms with Crippen molar-refractivity contribution in [2.45, 2.75) is 11.3 Å². The predicted molar refractivity (Wildman–Crippen MR) is 95.1 cm³/mol. The number of carbonyl (C=O) groups is 1. The second kappa shape index (κ2) is 6.82. The third-order valence-electron chi connectivity index (χ3n) is 3.20. The van der Waals surface area contributed by atoms with E-state index in [0.717, 1.165) is 25.8 Å². The Kier molecular flexibility index (Phi) is 4.60. The molecule has 0 saturated heterocycles. The quantitative estimate of drug-likeness (QED) is 0.712. The molecule has 0 aliphatic heterocycles. The van der Waals surface area contributed by atoms with Crippen LogP contribution >= 0.6 is 23.1 Å². The highest BCUT2D eigenvalue weighted by Gasteiger charge is 2.08. The number of thioether (sulfide) groups is 1. The van der Waals surface area contributed by atoms with Crippen molar-refractivity contribution in [2.75, 3.05) is 11.1 Å². The van der Waals surface area contributed by atoms with Gasteiger partial charge in [0.15, 0.2) is 4.34 Å². The maximum atomic E-state index is 12.2. The van der Waals surface area contributed by atoms with Gasteiger partial charge in [0.1, 0.15) is 0 Å². The Labute approximate surface area is 142 Å². The topological polar surface area (TPSA) is 65.8 Å². The van der Waals surface area contributed by atoms with Crippen LogP contribution in [-0.4, -0.2) is 16.6 Å². The number of carbonyl (C=O) groups excluding carboxylic acids is 1. The van der Waals surface area contributed by atoms with E-state index in [4.69, 9.17) is 5.26 Å². The minimum atomic E-state index is -0.132. The number of rotatable bonds is 4. The number of hydrogen-bond acceptors (Lipinski definition) is 5. The maximum absolute atomic E-state index is 12.2. The van der Waals surface area contributed by atoms with E-state index in [9.17, 15) is 4.79 Å². The summed E-state index contributed by atoms with van der Waals surface area (Å²) >= 11 is 2.95. The Hall–Kier alpha value is -2.36. The molecular formula is C17H13N3OS2. The smallest absolute Gasteiger partial charge is 0.255 e. The molecule has 2 aromatic carbocycles. The number of amides is 1. The minimum absolute atomic E-state index is 0.132. The van der Waals surface area contributed by atoms with Crippen LogP contribution in [0.2, 0.25) is 0 Å². The van der Waals surface area contributed by atoms with Gasteiger partial charge in [-0.3, -0.25) is 4.79 Å². The van der Waals surface area contributed by atoms with Crippen LogP contribution in [0.1, 0.15) is 15.9 Å². The van der Waals surface area contributed by atoms with Crippen LogP contribution in [0.4, 0.5) is 5.69 Å². The van der Waals surface area contributed by atoms with Gasteiger partial charge in [0, 0.05) is 11.3 Å². The molecule has 0 aliphatic carbocycles. The monoisotopic (exact) mass is 339 g/mol. The lowest BCUT2D eigenvalue weighted by atomic mass is 10.1. The van der Waals surface area contributed by atoms with Crippen molar-refractivity contribution in [1.29, 1.82) is 5.26 Å². The Morgan fingerprint density at radius 2 is 2.09 bits per heavy atom. The van der Waals surface area contributed by atoms with Gasteiger partial charge in [-0.05, 0) is 37.3 Å². The molecular weight excluding hydrogens is 326 g/mol. The number of nitriles is 1. The van der Waals surface area contributed by atoms with E-state index in [1.165, 1.54) is 23.1 Å². The van der Waals surface area contributed by atoms with Gasteiger partial charge >= 0.3 is 0 Å². The van der Waals surface area contributed by atoms with Crippen molar-refractivity contribution in [3.05, 3.63) is 53.6 Å². The van der Waals surface area contributed by atoms with Crippen LogP contribution < -0.4 is 5.32 Å². The molecule has 0 saturated carbocycles. The lowest BCUT2D eigenvalue weighted by Crippen LogP contribution is -2.11. The number of benzene rings is 2. The fraction of sp³-hybridized carbons (Fsp3) is 0.118. The average Bonchev–Trinajstić information content (AvgIpc) is 2.95. The van der Waals surface area contributed by atoms with E-state index in [2.05, 4.69) is 16.4 Å². The summed E-state index contributed by atoms with van der Waals surface area (Å²) in [6.07, 6.45) is 0. The van der Waals surface area contributed by atoms with E-state index in [1.807, 2.05) is 49.4 Å². The molecule has 0 unspecified atom stereocenters. The highest BCUT2D eigenvalue weighted by Crippen LogP contribution is 2.31. The molecule has 1 aromatic heterocycles. The average molecular weight is 339 g/mol. The second-order valence-corrected chi connectivity index (χ2v) is 7.18. The molecule has 4 nitrogen and oxygen atoms in total. The van der Waals surface area contributed by atoms with Crippen molar-refractivity contribution >= 4 is 44.9 Å². The van der Waals surface area contributed by atoms with E-state index < -0.39 is 0 Å². The first-order chi connectivity index (χ1) is 11.2. The summed E-state index contributed by atoms with van der Waals surface area (Å²) < 4.78 is 1.86. The Balaban J connectivity index is 1.78. The third kappa shape index (κ3) is 3.70. The zero-order valence-corrected chi connectivity index (χ0v) is 14.0. The SMILES string of the molecule is Cc1ccc(C(=O)Nc2ccc3nc(SCC#N)sc3c2)cc1. The van der Waals surface area contributed by atoms with Gasteiger partial charge in [-0.1, -0.05) is 29.5 Å². The van der Waals surface area contributed by atoms with Crippen LogP contribution in [0.3, 0.4) is 0 Å². The molecule has 1 heterocycles. The summed E-state index contributed by atoms with van der Waals surface area (Å²) in [4.78, 5) is 16.7. The zero-order valence-electron chi connectivity index (χ0n) is 12.4. The van der Waals surface area contributed by atoms with Crippen LogP contribution in [0.15, 0.2) is 46.8 Å². The lowest BCUT2D eigenvalue weighted by molar-refractivity contribution is 0.102. The van der Waals surface area contributed by atoms with Gasteiger partial charge in [-0.25, -0.2) is 4.98 Å². The van der Waals surface area contributed by atoms with E-state index in [1.54, 1.807) is 0 Å². The number of anilines is 1. The molecule has 0 aliphatic rings. The fourth-order valence-electron chi connectivity index (χ4n) is 2.05. The zero-order chi connectivity index (χ0) is 16.2. The van der Waals surface area contributed by atoms with Gasteiger partial charge in [0.25, 0.3) is 5.91 Å². The molecule has 1 N–H and O–H groups in total. The number of aromatic nitrogens is 1. The number of hydrogen-bond donors (Lipinski definition) is 1. The fourth-order valence-corrected chi connectivity index (χ4v) is 3.81. The normalized spacial score (nSPS) is 10.4. The van der Waals surface area contributed by atoms with Crippen molar-refractivity contribution in [2.24, 2.45) is 0 Å². The minimum Gasteiger partial charge on any atom is -0.322 e. The van der Waals surface area contributed by atoms with Crippen LogP contribution in [-0.2, 0) is 0 Å². The molecule has 6 heteroatoms. The molecule has 0 fully saturated rings. The Morgan fingerprint density at radius 3 is 2.83 bits per heavy atom.